The van der Waals surface area contributed by atoms with Gasteiger partial charge in [-0.25, -0.2) is 9.97 Å². The van der Waals surface area contributed by atoms with Crippen LogP contribution in [-0.4, -0.2) is 42.5 Å². The van der Waals surface area contributed by atoms with Crippen LogP contribution in [0.3, 0.4) is 0 Å². The maximum absolute atomic E-state index is 11.1. The second kappa shape index (κ2) is 10.1. The first-order chi connectivity index (χ1) is 11.4. The Labute approximate surface area is 144 Å². The summed E-state index contributed by atoms with van der Waals surface area (Å²) in [4.78, 5) is 35.6. The van der Waals surface area contributed by atoms with E-state index in [9.17, 15) is 4.79 Å². The number of hydrogen-bond donors (Lipinski definition) is 3. The molecule has 2 aromatic heterocycles. The van der Waals surface area contributed by atoms with Crippen LogP contribution in [-0.2, 0) is 34.2 Å². The minimum absolute atomic E-state index is 0.124. The van der Waals surface area contributed by atoms with Crippen molar-refractivity contribution in [3.63, 3.8) is 0 Å². The van der Waals surface area contributed by atoms with Gasteiger partial charge >= 0.3 is 18.7 Å². The van der Waals surface area contributed by atoms with Gasteiger partial charge in [0.2, 0.25) is 0 Å². The monoisotopic (exact) mass is 374 g/mol. The van der Waals surface area contributed by atoms with Gasteiger partial charge in [-0.2, -0.15) is 5.10 Å². The first kappa shape index (κ1) is 20.2. The van der Waals surface area contributed by atoms with E-state index in [0.717, 1.165) is 17.7 Å². The highest BCUT2D eigenvalue weighted by molar-refractivity contribution is 8.06. The molecule has 2 rings (SSSR count). The lowest BCUT2D eigenvalue weighted by atomic mass is 10.1. The Morgan fingerprint density at radius 3 is 2.54 bits per heavy atom. The molecule has 24 heavy (non-hydrogen) atoms. The van der Waals surface area contributed by atoms with Crippen LogP contribution in [0.25, 0.3) is 0 Å². The molecule has 11 heteroatoms. The van der Waals surface area contributed by atoms with E-state index in [4.69, 9.17) is 14.5 Å². The van der Waals surface area contributed by atoms with Crippen molar-refractivity contribution >= 4 is 24.5 Å². The van der Waals surface area contributed by atoms with Crippen molar-refractivity contribution in [3.05, 3.63) is 35.9 Å². The molecule has 0 spiro atoms. The van der Waals surface area contributed by atoms with E-state index in [1.165, 1.54) is 12.4 Å². The standard InChI is InChI=1S/C9H14N2O2.C4H5N2O3PS/c1-3-7-6-10-11-8(7)5-9(12)13-4-2;7-10(8,11)9-4-5-2-1-3-6-4/h6H,3-5H2,1-2H3,(H,10,11);1-3H,(H2,7,8,11). The lowest BCUT2D eigenvalue weighted by Crippen LogP contribution is -2.09. The average Bonchev–Trinajstić information content (AvgIpc) is 2.94. The minimum Gasteiger partial charge on any atom is -0.466 e. The zero-order valence-corrected chi connectivity index (χ0v) is 15.0. The zero-order chi connectivity index (χ0) is 18.0. The Hall–Kier alpha value is -1.87. The number of rotatable bonds is 6. The number of H-pyrrole nitrogens is 1. The van der Waals surface area contributed by atoms with Crippen LogP contribution in [0, 0.1) is 0 Å². The number of carbonyl (C=O) groups is 1. The predicted molar refractivity (Wildman–Crippen MR) is 89.7 cm³/mol. The van der Waals surface area contributed by atoms with E-state index in [0.29, 0.717) is 6.61 Å². The highest BCUT2D eigenvalue weighted by Crippen LogP contribution is 2.35. The van der Waals surface area contributed by atoms with Crippen molar-refractivity contribution in [2.24, 2.45) is 0 Å². The molecule has 0 aromatic carbocycles. The fourth-order valence-corrected chi connectivity index (χ4v) is 2.10. The predicted octanol–water partition coefficient (Wildman–Crippen LogP) is 1.14. The molecule has 132 valence electrons. The molecule has 0 bridgehead atoms. The lowest BCUT2D eigenvalue weighted by Gasteiger charge is -2.05. The van der Waals surface area contributed by atoms with E-state index in [1.807, 2.05) is 6.92 Å². The third-order valence-corrected chi connectivity index (χ3v) is 3.18. The maximum atomic E-state index is 11.1. The highest BCUT2D eigenvalue weighted by atomic mass is 32.5. The molecule has 0 unspecified atom stereocenters. The Morgan fingerprint density at radius 1 is 1.33 bits per heavy atom. The molecule has 9 nitrogen and oxygen atoms in total. The Kier molecular flexibility index (Phi) is 8.48. The van der Waals surface area contributed by atoms with Gasteiger partial charge in [0.15, 0.2) is 0 Å². The van der Waals surface area contributed by atoms with Crippen LogP contribution >= 0.6 is 6.72 Å². The second-order valence-electron chi connectivity index (χ2n) is 4.32. The van der Waals surface area contributed by atoms with Crippen molar-refractivity contribution in [2.75, 3.05) is 6.61 Å². The van der Waals surface area contributed by atoms with Crippen molar-refractivity contribution in [1.29, 1.82) is 0 Å². The van der Waals surface area contributed by atoms with Gasteiger partial charge in [-0.1, -0.05) is 6.92 Å². The largest absolute Gasteiger partial charge is 0.466 e. The molecule has 0 amide bonds. The molecule has 2 aromatic rings. The van der Waals surface area contributed by atoms with Crippen LogP contribution < -0.4 is 4.52 Å². The van der Waals surface area contributed by atoms with Gasteiger partial charge in [0, 0.05) is 29.9 Å². The van der Waals surface area contributed by atoms with E-state index in [-0.39, 0.29) is 18.4 Å². The zero-order valence-electron chi connectivity index (χ0n) is 13.2. The van der Waals surface area contributed by atoms with E-state index >= 15 is 0 Å². The summed E-state index contributed by atoms with van der Waals surface area (Å²) in [5.74, 6) is -0.207. The van der Waals surface area contributed by atoms with E-state index in [1.54, 1.807) is 19.2 Å². The molecule has 0 aliphatic heterocycles. The number of esters is 1. The molecule has 0 aliphatic carbocycles. The summed E-state index contributed by atoms with van der Waals surface area (Å²) in [6, 6.07) is 1.45. The first-order valence-electron chi connectivity index (χ1n) is 7.04. The molecular formula is C13H19N4O5PS. The normalized spacial score (nSPS) is 10.5. The number of ether oxygens (including phenoxy) is 1. The summed E-state index contributed by atoms with van der Waals surface area (Å²) >= 11 is 4.19. The van der Waals surface area contributed by atoms with Crippen LogP contribution in [0.2, 0.25) is 0 Å². The number of aromatic nitrogens is 4. The number of hydrogen-bond acceptors (Lipinski definition) is 7. The third kappa shape index (κ3) is 8.11. The molecule has 0 atom stereocenters. The summed E-state index contributed by atoms with van der Waals surface area (Å²) in [5, 5.41) is 6.67. The second-order valence-corrected chi connectivity index (χ2v) is 6.91. The van der Waals surface area contributed by atoms with Crippen molar-refractivity contribution in [3.8, 4) is 6.01 Å². The van der Waals surface area contributed by atoms with Crippen molar-refractivity contribution in [2.45, 2.75) is 26.7 Å². The summed E-state index contributed by atoms with van der Waals surface area (Å²) < 4.78 is 9.24. The van der Waals surface area contributed by atoms with E-state index < -0.39 is 6.72 Å². The molecular weight excluding hydrogens is 355 g/mol. The molecule has 0 fully saturated rings. The van der Waals surface area contributed by atoms with E-state index in [2.05, 4.69) is 36.5 Å². The number of nitrogens with one attached hydrogen (secondary N) is 1. The average molecular weight is 374 g/mol. The lowest BCUT2D eigenvalue weighted by molar-refractivity contribution is -0.142. The molecule has 0 saturated carbocycles. The smallest absolute Gasteiger partial charge is 0.377 e. The van der Waals surface area contributed by atoms with Crippen LogP contribution in [0.1, 0.15) is 25.1 Å². The summed E-state index contributed by atoms with van der Waals surface area (Å²) in [7, 11) is 0. The van der Waals surface area contributed by atoms with Gasteiger partial charge in [-0.15, -0.1) is 0 Å². The van der Waals surface area contributed by atoms with Crippen LogP contribution in [0.5, 0.6) is 6.01 Å². The topological polar surface area (TPSA) is 130 Å². The molecule has 0 saturated heterocycles. The van der Waals surface area contributed by atoms with Gasteiger partial charge in [0.25, 0.3) is 0 Å². The minimum atomic E-state index is -3.68. The Bertz CT molecular complexity index is 676. The Morgan fingerprint density at radius 2 is 2.00 bits per heavy atom. The Balaban J connectivity index is 0.000000243. The summed E-state index contributed by atoms with van der Waals surface area (Å²) in [6.07, 6.45) is 5.73. The fourth-order valence-electron chi connectivity index (χ4n) is 1.59. The molecule has 2 heterocycles. The van der Waals surface area contributed by atoms with Crippen LogP contribution in [0.4, 0.5) is 0 Å². The summed E-state index contributed by atoms with van der Waals surface area (Å²) in [6.45, 7) is 0.570. The number of carbonyl (C=O) groups excluding carboxylic acids is 1. The van der Waals surface area contributed by atoms with Gasteiger partial charge < -0.3 is 19.0 Å². The van der Waals surface area contributed by atoms with Gasteiger partial charge in [-0.05, 0) is 25.0 Å². The molecule has 3 N–H and O–H groups in total. The van der Waals surface area contributed by atoms with Gasteiger partial charge in [0.05, 0.1) is 19.2 Å². The van der Waals surface area contributed by atoms with Crippen molar-refractivity contribution in [1.82, 2.24) is 20.2 Å². The summed E-state index contributed by atoms with van der Waals surface area (Å²) in [5.41, 5.74) is 1.94. The van der Waals surface area contributed by atoms with Gasteiger partial charge in [-0.3, -0.25) is 9.89 Å². The third-order valence-electron chi connectivity index (χ3n) is 2.56. The SMILES string of the molecule is CCOC(=O)Cc1[nH]ncc1CC.OP(O)(=S)Oc1ncccn1. The number of aryl methyl sites for hydroxylation is 1. The van der Waals surface area contributed by atoms with Crippen LogP contribution in [0.15, 0.2) is 24.7 Å². The fraction of sp³-hybridized carbons (Fsp3) is 0.385. The quantitative estimate of drug-likeness (QED) is 0.503. The van der Waals surface area contributed by atoms with Gasteiger partial charge in [0.1, 0.15) is 0 Å². The number of nitrogens with zero attached hydrogens (tertiary/aromatic N) is 3. The highest BCUT2D eigenvalue weighted by Gasteiger charge is 2.11. The maximum Gasteiger partial charge on any atom is 0.377 e. The first-order valence-corrected chi connectivity index (χ1v) is 9.67. The molecule has 0 radical (unpaired) electrons. The molecule has 0 aliphatic rings. The van der Waals surface area contributed by atoms with Crippen molar-refractivity contribution < 1.29 is 23.8 Å². The number of aromatic amines is 1.